The van der Waals surface area contributed by atoms with Crippen LogP contribution in [0.15, 0.2) is 18.3 Å². The first kappa shape index (κ1) is 11.9. The molecule has 1 heterocycles. The van der Waals surface area contributed by atoms with Gasteiger partial charge in [-0.1, -0.05) is 13.3 Å². The van der Waals surface area contributed by atoms with Crippen LogP contribution < -0.4 is 10.5 Å². The van der Waals surface area contributed by atoms with Crippen LogP contribution >= 0.6 is 0 Å². The number of pyridine rings is 1. The average molecular weight is 233 g/mol. The number of hydrogen-bond acceptors (Lipinski definition) is 3. The maximum absolute atomic E-state index is 7.28. The fourth-order valence-corrected chi connectivity index (χ4v) is 2.27. The van der Waals surface area contributed by atoms with Crippen LogP contribution in [-0.2, 0) is 0 Å². The molecule has 17 heavy (non-hydrogen) atoms. The summed E-state index contributed by atoms with van der Waals surface area (Å²) in [5.74, 6) is 1.41. The molecule has 3 N–H and O–H groups in total. The Morgan fingerprint density at radius 1 is 1.47 bits per heavy atom. The summed E-state index contributed by atoms with van der Waals surface area (Å²) >= 11 is 0. The van der Waals surface area contributed by atoms with E-state index in [4.69, 9.17) is 15.9 Å². The molecule has 0 amide bonds. The summed E-state index contributed by atoms with van der Waals surface area (Å²) < 4.78 is 5.84. The molecule has 1 aliphatic carbocycles. The fourth-order valence-electron chi connectivity index (χ4n) is 2.27. The van der Waals surface area contributed by atoms with E-state index in [1.807, 2.05) is 0 Å². The standard InChI is InChI=1S/C13H19N3O/c1-9-3-2-4-11(7-9)17-12-6-5-10(8-16-12)13(14)15/h5-6,8-9,11H,2-4,7H2,1H3,(H3,14,15). The average Bonchev–Trinajstić information content (AvgIpc) is 2.29. The Hall–Kier alpha value is -1.58. The van der Waals surface area contributed by atoms with Gasteiger partial charge in [-0.3, -0.25) is 5.41 Å². The van der Waals surface area contributed by atoms with Crippen molar-refractivity contribution >= 4 is 5.84 Å². The molecular formula is C13H19N3O. The lowest BCUT2D eigenvalue weighted by Crippen LogP contribution is -2.24. The van der Waals surface area contributed by atoms with Crippen LogP contribution in [0.25, 0.3) is 0 Å². The first-order valence-electron chi connectivity index (χ1n) is 6.12. The molecule has 1 aliphatic rings. The van der Waals surface area contributed by atoms with Crippen molar-refractivity contribution in [2.24, 2.45) is 11.7 Å². The van der Waals surface area contributed by atoms with Crippen molar-refractivity contribution in [2.45, 2.75) is 38.7 Å². The molecule has 2 atom stereocenters. The van der Waals surface area contributed by atoms with E-state index in [1.54, 1.807) is 18.3 Å². The van der Waals surface area contributed by atoms with Crippen molar-refractivity contribution in [3.63, 3.8) is 0 Å². The monoisotopic (exact) mass is 233 g/mol. The molecular weight excluding hydrogens is 214 g/mol. The van der Waals surface area contributed by atoms with Crippen LogP contribution in [0.5, 0.6) is 5.88 Å². The first-order valence-corrected chi connectivity index (χ1v) is 6.12. The molecule has 4 nitrogen and oxygen atoms in total. The summed E-state index contributed by atoms with van der Waals surface area (Å²) in [4.78, 5) is 4.18. The molecule has 2 unspecified atom stereocenters. The molecule has 92 valence electrons. The number of amidine groups is 1. The Kier molecular flexibility index (Phi) is 3.61. The third-order valence-electron chi connectivity index (χ3n) is 3.22. The van der Waals surface area contributed by atoms with Crippen LogP contribution in [-0.4, -0.2) is 16.9 Å². The molecule has 2 rings (SSSR count). The zero-order chi connectivity index (χ0) is 12.3. The van der Waals surface area contributed by atoms with Gasteiger partial charge in [0.15, 0.2) is 0 Å². The number of aromatic nitrogens is 1. The summed E-state index contributed by atoms with van der Waals surface area (Å²) in [5, 5.41) is 7.28. The predicted octanol–water partition coefficient (Wildman–Crippen LogP) is 2.32. The second-order valence-corrected chi connectivity index (χ2v) is 4.81. The minimum atomic E-state index is 0.0374. The van der Waals surface area contributed by atoms with Gasteiger partial charge in [-0.2, -0.15) is 0 Å². The van der Waals surface area contributed by atoms with Gasteiger partial charge in [-0.25, -0.2) is 4.98 Å². The normalized spacial score (nSPS) is 24.3. The zero-order valence-corrected chi connectivity index (χ0v) is 10.1. The van der Waals surface area contributed by atoms with Gasteiger partial charge >= 0.3 is 0 Å². The van der Waals surface area contributed by atoms with E-state index in [0.717, 1.165) is 18.8 Å². The summed E-state index contributed by atoms with van der Waals surface area (Å²) in [5.41, 5.74) is 6.00. The van der Waals surface area contributed by atoms with Crippen molar-refractivity contribution < 1.29 is 4.74 Å². The largest absolute Gasteiger partial charge is 0.474 e. The molecule has 1 fully saturated rings. The van der Waals surface area contributed by atoms with Gasteiger partial charge in [0.05, 0.1) is 0 Å². The van der Waals surface area contributed by atoms with Gasteiger partial charge in [0.1, 0.15) is 11.9 Å². The molecule has 0 radical (unpaired) electrons. The molecule has 0 saturated heterocycles. The van der Waals surface area contributed by atoms with E-state index in [-0.39, 0.29) is 11.9 Å². The van der Waals surface area contributed by atoms with Crippen molar-refractivity contribution in [2.75, 3.05) is 0 Å². The Bertz CT molecular complexity index is 388. The number of nitrogens with one attached hydrogen (secondary N) is 1. The molecule has 0 spiro atoms. The highest BCUT2D eigenvalue weighted by atomic mass is 16.5. The lowest BCUT2D eigenvalue weighted by atomic mass is 9.89. The van der Waals surface area contributed by atoms with E-state index < -0.39 is 0 Å². The van der Waals surface area contributed by atoms with E-state index in [2.05, 4.69) is 11.9 Å². The van der Waals surface area contributed by atoms with Crippen LogP contribution in [0.1, 0.15) is 38.2 Å². The van der Waals surface area contributed by atoms with Gasteiger partial charge < -0.3 is 10.5 Å². The number of nitrogens with zero attached hydrogens (tertiary/aromatic N) is 1. The maximum atomic E-state index is 7.28. The Balaban J connectivity index is 1.96. The summed E-state index contributed by atoms with van der Waals surface area (Å²) in [6.07, 6.45) is 6.63. The van der Waals surface area contributed by atoms with Crippen LogP contribution in [0.2, 0.25) is 0 Å². The summed E-state index contributed by atoms with van der Waals surface area (Å²) in [7, 11) is 0. The quantitative estimate of drug-likeness (QED) is 0.621. The molecule has 0 aliphatic heterocycles. The summed E-state index contributed by atoms with van der Waals surface area (Å²) in [6, 6.07) is 3.56. The number of nitrogen functional groups attached to an aromatic ring is 1. The van der Waals surface area contributed by atoms with Crippen LogP contribution in [0, 0.1) is 11.3 Å². The maximum Gasteiger partial charge on any atom is 0.213 e. The second-order valence-electron chi connectivity index (χ2n) is 4.81. The third-order valence-corrected chi connectivity index (χ3v) is 3.22. The van der Waals surface area contributed by atoms with Gasteiger partial charge in [0.25, 0.3) is 0 Å². The molecule has 0 aromatic carbocycles. The van der Waals surface area contributed by atoms with Crippen molar-refractivity contribution in [3.8, 4) is 5.88 Å². The predicted molar refractivity (Wildman–Crippen MR) is 67.3 cm³/mol. The topological polar surface area (TPSA) is 72.0 Å². The van der Waals surface area contributed by atoms with Crippen molar-refractivity contribution in [1.82, 2.24) is 4.98 Å². The molecule has 1 saturated carbocycles. The van der Waals surface area contributed by atoms with Gasteiger partial charge in [0, 0.05) is 17.8 Å². The minimum Gasteiger partial charge on any atom is -0.474 e. The van der Waals surface area contributed by atoms with Crippen molar-refractivity contribution in [3.05, 3.63) is 23.9 Å². The Labute approximate surface area is 102 Å². The van der Waals surface area contributed by atoms with E-state index >= 15 is 0 Å². The van der Waals surface area contributed by atoms with Crippen LogP contribution in [0.4, 0.5) is 0 Å². The van der Waals surface area contributed by atoms with Crippen LogP contribution in [0.3, 0.4) is 0 Å². The minimum absolute atomic E-state index is 0.0374. The van der Waals surface area contributed by atoms with Gasteiger partial charge in [-0.05, 0) is 31.2 Å². The highest BCUT2D eigenvalue weighted by Crippen LogP contribution is 2.26. The Morgan fingerprint density at radius 3 is 2.88 bits per heavy atom. The highest BCUT2D eigenvalue weighted by Gasteiger charge is 2.20. The SMILES string of the molecule is CC1CCCC(Oc2ccc(C(=N)N)cn2)C1. The number of rotatable bonds is 3. The van der Waals surface area contributed by atoms with Crippen molar-refractivity contribution in [1.29, 1.82) is 5.41 Å². The number of hydrogen-bond donors (Lipinski definition) is 2. The lowest BCUT2D eigenvalue weighted by molar-refractivity contribution is 0.124. The molecule has 1 aromatic rings. The number of nitrogens with two attached hydrogens (primary N) is 1. The first-order chi connectivity index (χ1) is 8.15. The molecule has 0 bridgehead atoms. The van der Waals surface area contributed by atoms with Gasteiger partial charge in [0.2, 0.25) is 5.88 Å². The Morgan fingerprint density at radius 2 is 2.29 bits per heavy atom. The highest BCUT2D eigenvalue weighted by molar-refractivity contribution is 5.94. The van der Waals surface area contributed by atoms with E-state index in [1.165, 1.54) is 12.8 Å². The smallest absolute Gasteiger partial charge is 0.213 e. The van der Waals surface area contributed by atoms with E-state index in [9.17, 15) is 0 Å². The molecule has 4 heteroatoms. The number of ether oxygens (including phenoxy) is 1. The molecule has 1 aromatic heterocycles. The third kappa shape index (κ3) is 3.19. The second kappa shape index (κ2) is 5.17. The van der Waals surface area contributed by atoms with Gasteiger partial charge in [-0.15, -0.1) is 0 Å². The summed E-state index contributed by atoms with van der Waals surface area (Å²) in [6.45, 7) is 2.27. The zero-order valence-electron chi connectivity index (χ0n) is 10.1. The lowest BCUT2D eigenvalue weighted by Gasteiger charge is -2.26. The fraction of sp³-hybridized carbons (Fsp3) is 0.538. The van der Waals surface area contributed by atoms with E-state index in [0.29, 0.717) is 11.4 Å².